The summed E-state index contributed by atoms with van der Waals surface area (Å²) in [4.78, 5) is 26.8. The number of amides is 1. The second-order valence-corrected chi connectivity index (χ2v) is 6.63. The van der Waals surface area contributed by atoms with Gasteiger partial charge >= 0.3 is 0 Å². The molecule has 2 heterocycles. The highest BCUT2D eigenvalue weighted by atomic mass is 16.5. The van der Waals surface area contributed by atoms with Crippen LogP contribution in [-0.4, -0.2) is 35.4 Å². The Hall–Kier alpha value is -3.02. The smallest absolute Gasteiger partial charge is 0.295 e. The van der Waals surface area contributed by atoms with Gasteiger partial charge in [-0.05, 0) is 56.2 Å². The summed E-state index contributed by atoms with van der Waals surface area (Å²) in [6, 6.07) is 7.89. The van der Waals surface area contributed by atoms with Crippen LogP contribution in [0.2, 0.25) is 0 Å². The van der Waals surface area contributed by atoms with Gasteiger partial charge in [0.25, 0.3) is 11.7 Å². The number of aliphatic hydroxyl groups excluding tert-OH is 1. The minimum absolute atomic E-state index is 0.0485. The molecular formula is C21H23NO5. The minimum Gasteiger partial charge on any atom is -0.507 e. The Morgan fingerprint density at radius 3 is 2.52 bits per heavy atom. The van der Waals surface area contributed by atoms with Crippen molar-refractivity contribution in [2.45, 2.75) is 33.2 Å². The average Bonchev–Trinajstić information content (AvgIpc) is 3.17. The van der Waals surface area contributed by atoms with Crippen LogP contribution >= 0.6 is 0 Å². The lowest BCUT2D eigenvalue weighted by atomic mass is 9.98. The van der Waals surface area contributed by atoms with Crippen LogP contribution in [0.4, 0.5) is 0 Å². The number of aryl methyl sites for hydroxylation is 2. The van der Waals surface area contributed by atoms with Crippen molar-refractivity contribution in [2.24, 2.45) is 0 Å². The number of furan rings is 1. The first-order valence-electron chi connectivity index (χ1n) is 8.88. The number of methoxy groups -OCH3 is 1. The Bertz CT molecular complexity index is 924. The average molecular weight is 369 g/mol. The Morgan fingerprint density at radius 1 is 1.22 bits per heavy atom. The molecule has 1 aromatic heterocycles. The predicted octanol–water partition coefficient (Wildman–Crippen LogP) is 3.74. The van der Waals surface area contributed by atoms with Crippen LogP contribution in [0, 0.1) is 13.8 Å². The highest BCUT2D eigenvalue weighted by molar-refractivity contribution is 6.46. The van der Waals surface area contributed by atoms with Crippen LogP contribution in [0.25, 0.3) is 5.76 Å². The van der Waals surface area contributed by atoms with Gasteiger partial charge in [0.15, 0.2) is 0 Å². The number of aliphatic hydroxyl groups is 1. The number of hydrogen-bond acceptors (Lipinski definition) is 5. The first kappa shape index (κ1) is 18.8. The zero-order valence-corrected chi connectivity index (χ0v) is 15.9. The van der Waals surface area contributed by atoms with Gasteiger partial charge in [-0.1, -0.05) is 6.92 Å². The highest BCUT2D eigenvalue weighted by Gasteiger charge is 2.47. The minimum atomic E-state index is -0.735. The number of ether oxygens (including phenoxy) is 1. The molecule has 1 aliphatic rings. The van der Waals surface area contributed by atoms with Gasteiger partial charge in [-0.15, -0.1) is 0 Å². The fraction of sp³-hybridized carbons (Fsp3) is 0.333. The molecular weight excluding hydrogens is 346 g/mol. The number of ketones is 1. The van der Waals surface area contributed by atoms with E-state index in [0.717, 1.165) is 5.56 Å². The fourth-order valence-corrected chi connectivity index (χ4v) is 3.43. The molecule has 6 heteroatoms. The van der Waals surface area contributed by atoms with E-state index in [1.54, 1.807) is 44.4 Å². The molecule has 1 amide bonds. The molecule has 0 aliphatic carbocycles. The van der Waals surface area contributed by atoms with Gasteiger partial charge in [-0.3, -0.25) is 9.59 Å². The van der Waals surface area contributed by atoms with Gasteiger partial charge in [-0.2, -0.15) is 0 Å². The number of Topliss-reactive ketones (excluding diaryl/α,β-unsaturated/α-hetero) is 1. The normalized spacial score (nSPS) is 19.0. The third-order valence-corrected chi connectivity index (χ3v) is 4.70. The number of rotatable bonds is 5. The maximum Gasteiger partial charge on any atom is 0.295 e. The highest BCUT2D eigenvalue weighted by Crippen LogP contribution is 2.40. The lowest BCUT2D eigenvalue weighted by Gasteiger charge is -2.22. The van der Waals surface area contributed by atoms with E-state index in [1.165, 1.54) is 4.90 Å². The zero-order valence-electron chi connectivity index (χ0n) is 15.9. The number of hydrogen-bond donors (Lipinski definition) is 1. The van der Waals surface area contributed by atoms with E-state index in [0.29, 0.717) is 35.8 Å². The van der Waals surface area contributed by atoms with E-state index in [-0.39, 0.29) is 11.3 Å². The Labute approximate surface area is 158 Å². The molecule has 1 aliphatic heterocycles. The van der Waals surface area contributed by atoms with E-state index < -0.39 is 17.7 Å². The Kier molecular flexibility index (Phi) is 5.08. The Morgan fingerprint density at radius 2 is 1.96 bits per heavy atom. The summed E-state index contributed by atoms with van der Waals surface area (Å²) in [7, 11) is 1.57. The van der Waals surface area contributed by atoms with Crippen molar-refractivity contribution >= 4 is 17.4 Å². The quantitative estimate of drug-likeness (QED) is 0.493. The maximum absolute atomic E-state index is 12.7. The molecule has 1 unspecified atom stereocenters. The van der Waals surface area contributed by atoms with Gasteiger partial charge in [0.2, 0.25) is 0 Å². The van der Waals surface area contributed by atoms with Gasteiger partial charge in [0.05, 0.1) is 12.7 Å². The van der Waals surface area contributed by atoms with E-state index in [2.05, 4.69) is 0 Å². The fourth-order valence-electron chi connectivity index (χ4n) is 3.43. The number of likely N-dealkylation sites (tertiary alicyclic amines) is 1. The molecule has 1 fully saturated rings. The van der Waals surface area contributed by atoms with E-state index in [4.69, 9.17) is 9.15 Å². The summed E-state index contributed by atoms with van der Waals surface area (Å²) in [5.41, 5.74) is 1.32. The molecule has 0 bridgehead atoms. The first-order valence-corrected chi connectivity index (χ1v) is 8.88. The van der Waals surface area contributed by atoms with Crippen molar-refractivity contribution in [3.63, 3.8) is 0 Å². The van der Waals surface area contributed by atoms with Crippen LogP contribution in [0.3, 0.4) is 0 Å². The van der Waals surface area contributed by atoms with Crippen molar-refractivity contribution in [1.29, 1.82) is 0 Å². The molecule has 3 rings (SSSR count). The molecule has 1 aromatic carbocycles. The molecule has 2 aromatic rings. The molecule has 1 atom stereocenters. The topological polar surface area (TPSA) is 80.0 Å². The third-order valence-electron chi connectivity index (χ3n) is 4.70. The van der Waals surface area contributed by atoms with Gasteiger partial charge in [0.1, 0.15) is 29.1 Å². The largest absolute Gasteiger partial charge is 0.507 e. The molecule has 142 valence electrons. The van der Waals surface area contributed by atoms with Crippen LogP contribution in [0.5, 0.6) is 5.75 Å². The van der Waals surface area contributed by atoms with Crippen LogP contribution in [0.15, 0.2) is 40.3 Å². The number of carbonyl (C=O) groups is 2. The number of carbonyl (C=O) groups excluding carboxylic acids is 2. The van der Waals surface area contributed by atoms with Crippen molar-refractivity contribution in [1.82, 2.24) is 4.90 Å². The molecule has 27 heavy (non-hydrogen) atoms. The molecule has 0 spiro atoms. The molecule has 6 nitrogen and oxygen atoms in total. The van der Waals surface area contributed by atoms with Crippen molar-refractivity contribution in [3.8, 4) is 5.75 Å². The lowest BCUT2D eigenvalue weighted by Crippen LogP contribution is -2.30. The second-order valence-electron chi connectivity index (χ2n) is 6.63. The summed E-state index contributed by atoms with van der Waals surface area (Å²) in [6.07, 6.45) is 0.685. The maximum atomic E-state index is 12.7. The van der Waals surface area contributed by atoms with E-state index in [1.807, 2.05) is 13.8 Å². The van der Waals surface area contributed by atoms with Crippen LogP contribution in [-0.2, 0) is 9.59 Å². The van der Waals surface area contributed by atoms with Crippen molar-refractivity contribution in [2.75, 3.05) is 13.7 Å². The van der Waals surface area contributed by atoms with E-state index in [9.17, 15) is 14.7 Å². The zero-order chi connectivity index (χ0) is 19.7. The molecule has 1 N–H and O–H groups in total. The predicted molar refractivity (Wildman–Crippen MR) is 100 cm³/mol. The summed E-state index contributed by atoms with van der Waals surface area (Å²) < 4.78 is 10.9. The van der Waals surface area contributed by atoms with Crippen molar-refractivity contribution < 1.29 is 23.8 Å². The van der Waals surface area contributed by atoms with E-state index >= 15 is 0 Å². The molecule has 1 saturated heterocycles. The van der Waals surface area contributed by atoms with Crippen LogP contribution < -0.4 is 4.74 Å². The number of nitrogens with zero attached hydrogens (tertiary/aromatic N) is 1. The van der Waals surface area contributed by atoms with Crippen LogP contribution in [0.1, 0.15) is 42.0 Å². The summed E-state index contributed by atoms with van der Waals surface area (Å²) >= 11 is 0. The number of benzene rings is 1. The molecule has 0 radical (unpaired) electrons. The summed E-state index contributed by atoms with van der Waals surface area (Å²) in [5, 5.41) is 10.9. The first-order chi connectivity index (χ1) is 12.9. The van der Waals surface area contributed by atoms with Gasteiger partial charge in [-0.25, -0.2) is 0 Å². The lowest BCUT2D eigenvalue weighted by molar-refractivity contribution is -0.140. The van der Waals surface area contributed by atoms with Gasteiger partial charge in [0, 0.05) is 12.1 Å². The monoisotopic (exact) mass is 369 g/mol. The summed E-state index contributed by atoms with van der Waals surface area (Å²) in [5.74, 6) is 0.281. The second kappa shape index (κ2) is 7.31. The van der Waals surface area contributed by atoms with Gasteiger partial charge < -0.3 is 19.2 Å². The SMILES string of the molecule is CCCN1C(=O)C(=O)/C(=C(\O)c2ccc(OC)c(C)c2)C1c1ccc(C)o1. The summed E-state index contributed by atoms with van der Waals surface area (Å²) in [6.45, 7) is 5.96. The van der Waals surface area contributed by atoms with Crippen molar-refractivity contribution in [3.05, 3.63) is 58.6 Å². The Balaban J connectivity index is 2.17. The standard InChI is InChI=1S/C21H23NO5/c1-5-10-22-18(16-8-6-13(3)27-16)17(20(24)21(22)25)19(23)14-7-9-15(26-4)12(2)11-14/h6-9,11,18,23H,5,10H2,1-4H3/b19-17-. The molecule has 0 saturated carbocycles. The third kappa shape index (κ3) is 3.23.